The van der Waals surface area contributed by atoms with Gasteiger partial charge in [-0.3, -0.25) is 4.79 Å². The van der Waals surface area contributed by atoms with Gasteiger partial charge in [0.15, 0.2) is 0 Å². The normalized spacial score (nSPS) is 17.8. The van der Waals surface area contributed by atoms with Gasteiger partial charge in [-0.25, -0.2) is 0 Å². The number of carbonyl (C=O) groups excluding carboxylic acids is 1. The Morgan fingerprint density at radius 3 is 2.65 bits per heavy atom. The van der Waals surface area contributed by atoms with Gasteiger partial charge >= 0.3 is 0 Å². The molecule has 2 aromatic rings. The van der Waals surface area contributed by atoms with E-state index in [1.54, 1.807) is 12.1 Å². The number of benzene rings is 2. The molecular formula is C18H19BrN2O2. The standard InChI is InChI=1S/C18H19BrN2O2/c19-14-3-1-5-17(11-14)23-16-8-6-13(7-9-16)18(22)21-10-2-4-15(20)12-21/h1,3,5-9,11,15H,2,4,10,12,20H2. The van der Waals surface area contributed by atoms with Gasteiger partial charge < -0.3 is 15.4 Å². The van der Waals surface area contributed by atoms with Crippen LogP contribution in [0.1, 0.15) is 23.2 Å². The van der Waals surface area contributed by atoms with Crippen molar-refractivity contribution < 1.29 is 9.53 Å². The molecule has 0 aromatic heterocycles. The first kappa shape index (κ1) is 16.0. The Bertz CT molecular complexity index is 688. The van der Waals surface area contributed by atoms with E-state index in [-0.39, 0.29) is 11.9 Å². The molecule has 23 heavy (non-hydrogen) atoms. The van der Waals surface area contributed by atoms with E-state index in [1.807, 2.05) is 41.3 Å². The minimum Gasteiger partial charge on any atom is -0.457 e. The van der Waals surface area contributed by atoms with Crippen LogP contribution in [0.3, 0.4) is 0 Å². The van der Waals surface area contributed by atoms with E-state index >= 15 is 0 Å². The minimum atomic E-state index is 0.0363. The summed E-state index contributed by atoms with van der Waals surface area (Å²) < 4.78 is 6.74. The average Bonchev–Trinajstić information content (AvgIpc) is 2.55. The van der Waals surface area contributed by atoms with Gasteiger partial charge in [0.25, 0.3) is 5.91 Å². The number of piperidine rings is 1. The van der Waals surface area contributed by atoms with Crippen LogP contribution in [-0.4, -0.2) is 29.9 Å². The monoisotopic (exact) mass is 374 g/mol. The zero-order valence-corrected chi connectivity index (χ0v) is 14.3. The van der Waals surface area contributed by atoms with Crippen LogP contribution in [0.25, 0.3) is 0 Å². The highest BCUT2D eigenvalue weighted by atomic mass is 79.9. The Morgan fingerprint density at radius 2 is 1.96 bits per heavy atom. The SMILES string of the molecule is NC1CCCN(C(=O)c2ccc(Oc3cccc(Br)c3)cc2)C1. The summed E-state index contributed by atoms with van der Waals surface area (Å²) in [7, 11) is 0. The number of likely N-dealkylation sites (tertiary alicyclic amines) is 1. The maximum Gasteiger partial charge on any atom is 0.253 e. The van der Waals surface area contributed by atoms with E-state index in [4.69, 9.17) is 10.5 Å². The summed E-state index contributed by atoms with van der Waals surface area (Å²) in [6, 6.07) is 15.0. The van der Waals surface area contributed by atoms with Gasteiger partial charge in [-0.05, 0) is 55.3 Å². The molecule has 0 aliphatic carbocycles. The Morgan fingerprint density at radius 1 is 1.17 bits per heavy atom. The highest BCUT2D eigenvalue weighted by Crippen LogP contribution is 2.25. The van der Waals surface area contributed by atoms with E-state index in [0.29, 0.717) is 17.9 Å². The Balaban J connectivity index is 1.68. The summed E-state index contributed by atoms with van der Waals surface area (Å²) >= 11 is 3.41. The lowest BCUT2D eigenvalue weighted by atomic mass is 10.1. The van der Waals surface area contributed by atoms with E-state index in [1.165, 1.54) is 0 Å². The summed E-state index contributed by atoms with van der Waals surface area (Å²) in [6.07, 6.45) is 1.96. The zero-order valence-electron chi connectivity index (χ0n) is 12.7. The van der Waals surface area contributed by atoms with Gasteiger partial charge in [0.2, 0.25) is 0 Å². The van der Waals surface area contributed by atoms with Crippen molar-refractivity contribution >= 4 is 21.8 Å². The summed E-state index contributed by atoms with van der Waals surface area (Å²) in [5.74, 6) is 1.49. The predicted octanol–water partition coefficient (Wildman–Crippen LogP) is 3.80. The number of hydrogen-bond acceptors (Lipinski definition) is 3. The molecule has 2 N–H and O–H groups in total. The molecule has 1 unspecified atom stereocenters. The Kier molecular flexibility index (Phi) is 4.98. The van der Waals surface area contributed by atoms with E-state index in [0.717, 1.165) is 29.6 Å². The molecule has 3 rings (SSSR count). The van der Waals surface area contributed by atoms with Crippen molar-refractivity contribution in [3.63, 3.8) is 0 Å². The fourth-order valence-electron chi connectivity index (χ4n) is 2.71. The molecule has 1 aliphatic rings. The predicted molar refractivity (Wildman–Crippen MR) is 93.8 cm³/mol. The number of amides is 1. The average molecular weight is 375 g/mol. The van der Waals surface area contributed by atoms with Crippen LogP contribution in [0.4, 0.5) is 0 Å². The second kappa shape index (κ2) is 7.15. The number of halogens is 1. The van der Waals surface area contributed by atoms with Crippen molar-refractivity contribution in [1.82, 2.24) is 4.90 Å². The van der Waals surface area contributed by atoms with Gasteiger partial charge in [-0.15, -0.1) is 0 Å². The van der Waals surface area contributed by atoms with E-state index < -0.39 is 0 Å². The molecule has 1 heterocycles. The molecule has 0 saturated carbocycles. The van der Waals surface area contributed by atoms with Crippen LogP contribution in [0.2, 0.25) is 0 Å². The van der Waals surface area contributed by atoms with Gasteiger partial charge in [0, 0.05) is 29.2 Å². The molecule has 120 valence electrons. The highest BCUT2D eigenvalue weighted by Gasteiger charge is 2.22. The van der Waals surface area contributed by atoms with Gasteiger partial charge in [0.1, 0.15) is 11.5 Å². The lowest BCUT2D eigenvalue weighted by molar-refractivity contribution is 0.0709. The molecule has 1 aliphatic heterocycles. The smallest absolute Gasteiger partial charge is 0.253 e. The maximum atomic E-state index is 12.5. The quantitative estimate of drug-likeness (QED) is 0.888. The summed E-state index contributed by atoms with van der Waals surface area (Å²) in [5, 5.41) is 0. The topological polar surface area (TPSA) is 55.6 Å². The largest absolute Gasteiger partial charge is 0.457 e. The van der Waals surface area contributed by atoms with Crippen LogP contribution < -0.4 is 10.5 Å². The second-order valence-electron chi connectivity index (χ2n) is 5.74. The fourth-order valence-corrected chi connectivity index (χ4v) is 3.09. The zero-order chi connectivity index (χ0) is 16.2. The molecule has 5 heteroatoms. The molecule has 1 fully saturated rings. The van der Waals surface area contributed by atoms with Crippen molar-refractivity contribution in [3.05, 3.63) is 58.6 Å². The van der Waals surface area contributed by atoms with Crippen molar-refractivity contribution in [3.8, 4) is 11.5 Å². The van der Waals surface area contributed by atoms with Crippen molar-refractivity contribution in [1.29, 1.82) is 0 Å². The van der Waals surface area contributed by atoms with Crippen LogP contribution >= 0.6 is 15.9 Å². The van der Waals surface area contributed by atoms with Crippen molar-refractivity contribution in [2.45, 2.75) is 18.9 Å². The molecule has 0 spiro atoms. The molecular weight excluding hydrogens is 356 g/mol. The molecule has 2 aromatic carbocycles. The second-order valence-corrected chi connectivity index (χ2v) is 6.65. The van der Waals surface area contributed by atoms with Crippen molar-refractivity contribution in [2.24, 2.45) is 5.73 Å². The summed E-state index contributed by atoms with van der Waals surface area (Å²) in [5.41, 5.74) is 6.61. The Hall–Kier alpha value is -1.85. The first-order valence-electron chi connectivity index (χ1n) is 7.70. The first-order valence-corrected chi connectivity index (χ1v) is 8.49. The summed E-state index contributed by atoms with van der Waals surface area (Å²) in [4.78, 5) is 14.3. The molecule has 0 bridgehead atoms. The Labute approximate surface area is 144 Å². The number of ether oxygens (including phenoxy) is 1. The van der Waals surface area contributed by atoms with E-state index in [9.17, 15) is 4.79 Å². The summed E-state index contributed by atoms with van der Waals surface area (Å²) in [6.45, 7) is 1.41. The lowest BCUT2D eigenvalue weighted by Gasteiger charge is -2.30. The van der Waals surface area contributed by atoms with Crippen molar-refractivity contribution in [2.75, 3.05) is 13.1 Å². The van der Waals surface area contributed by atoms with E-state index in [2.05, 4.69) is 15.9 Å². The third-order valence-corrected chi connectivity index (χ3v) is 4.37. The van der Waals surface area contributed by atoms with Gasteiger partial charge in [-0.1, -0.05) is 22.0 Å². The number of nitrogens with zero attached hydrogens (tertiary/aromatic N) is 1. The lowest BCUT2D eigenvalue weighted by Crippen LogP contribution is -2.45. The molecule has 1 atom stereocenters. The minimum absolute atomic E-state index is 0.0363. The van der Waals surface area contributed by atoms with Crippen LogP contribution in [0, 0.1) is 0 Å². The highest BCUT2D eigenvalue weighted by molar-refractivity contribution is 9.10. The fraction of sp³-hybridized carbons (Fsp3) is 0.278. The third kappa shape index (κ3) is 4.12. The number of carbonyl (C=O) groups is 1. The number of rotatable bonds is 3. The molecule has 4 nitrogen and oxygen atoms in total. The number of hydrogen-bond donors (Lipinski definition) is 1. The third-order valence-electron chi connectivity index (χ3n) is 3.88. The van der Waals surface area contributed by atoms with Crippen LogP contribution in [0.15, 0.2) is 53.0 Å². The first-order chi connectivity index (χ1) is 11.1. The van der Waals surface area contributed by atoms with Crippen LogP contribution in [0.5, 0.6) is 11.5 Å². The maximum absolute atomic E-state index is 12.5. The molecule has 1 saturated heterocycles. The van der Waals surface area contributed by atoms with Gasteiger partial charge in [0.05, 0.1) is 0 Å². The molecule has 1 amide bonds. The molecule has 0 radical (unpaired) electrons. The number of nitrogens with two attached hydrogens (primary N) is 1. The van der Waals surface area contributed by atoms with Crippen LogP contribution in [-0.2, 0) is 0 Å². The van der Waals surface area contributed by atoms with Gasteiger partial charge in [-0.2, -0.15) is 0 Å².